The van der Waals surface area contributed by atoms with Crippen LogP contribution in [-0.2, 0) is 4.74 Å². The normalized spacial score (nSPS) is 17.7. The van der Waals surface area contributed by atoms with Crippen LogP contribution in [0.2, 0.25) is 10.0 Å². The van der Waals surface area contributed by atoms with E-state index < -0.39 is 17.8 Å². The van der Waals surface area contributed by atoms with Crippen molar-refractivity contribution in [2.24, 2.45) is 0 Å². The molecule has 1 saturated heterocycles. The second-order valence-electron chi connectivity index (χ2n) is 7.92. The fourth-order valence-electron chi connectivity index (χ4n) is 4.04. The van der Waals surface area contributed by atoms with E-state index in [0.29, 0.717) is 46.7 Å². The molecule has 174 valence electrons. The zero-order valence-electron chi connectivity index (χ0n) is 18.3. The Bertz CT molecular complexity index is 1140. The van der Waals surface area contributed by atoms with Crippen LogP contribution in [0.4, 0.5) is 4.39 Å². The molecule has 1 aliphatic heterocycles. The van der Waals surface area contributed by atoms with E-state index in [9.17, 15) is 9.18 Å². The molecule has 0 radical (unpaired) electrons. The van der Waals surface area contributed by atoms with Crippen molar-refractivity contribution >= 4 is 29.1 Å². The van der Waals surface area contributed by atoms with Crippen LogP contribution in [0.1, 0.15) is 34.7 Å². The van der Waals surface area contributed by atoms with E-state index in [2.05, 4.69) is 20.5 Å². The molecule has 2 heterocycles. The maximum Gasteiger partial charge on any atom is 0.273 e. The van der Waals surface area contributed by atoms with Crippen molar-refractivity contribution in [2.45, 2.75) is 26.0 Å². The number of para-hydroxylation sites is 1. The number of halogens is 3. The maximum atomic E-state index is 14.8. The molecule has 0 aliphatic carbocycles. The highest BCUT2D eigenvalue weighted by molar-refractivity contribution is 6.32. The summed E-state index contributed by atoms with van der Waals surface area (Å²) in [6.07, 6.45) is -0.0136. The van der Waals surface area contributed by atoms with Crippen LogP contribution in [0.5, 0.6) is 0 Å². The number of hydrogen-bond donors (Lipinski definition) is 1. The summed E-state index contributed by atoms with van der Waals surface area (Å²) in [5.74, 6) is -0.827. The minimum absolute atomic E-state index is 0.0136. The molecular formula is C23H24Cl2FN5O2. The van der Waals surface area contributed by atoms with Gasteiger partial charge in [0.15, 0.2) is 5.69 Å². The highest BCUT2D eigenvalue weighted by Gasteiger charge is 2.30. The molecule has 2 unspecified atom stereocenters. The molecule has 2 aromatic carbocycles. The van der Waals surface area contributed by atoms with Gasteiger partial charge < -0.3 is 10.1 Å². The Kier molecular flexibility index (Phi) is 7.29. The average Bonchev–Trinajstić information content (AvgIpc) is 3.17. The number of nitrogens with one attached hydrogen (secondary N) is 1. The van der Waals surface area contributed by atoms with E-state index in [1.54, 1.807) is 31.2 Å². The standard InChI is InChI=1S/C23H24Cl2FN5O2/c1-14-13-30(10-11-33-14)20(21-17(25)7-5-8-18(21)26)12-27-23(32)22-15(2)31(29-28-22)19-9-4-3-6-16(19)24/h3-9,14,20H,10-13H2,1-2H3,(H,27,32). The number of morpholine rings is 1. The summed E-state index contributed by atoms with van der Waals surface area (Å²) < 4.78 is 22.0. The van der Waals surface area contributed by atoms with Crippen LogP contribution in [0.15, 0.2) is 42.5 Å². The summed E-state index contributed by atoms with van der Waals surface area (Å²) in [5.41, 5.74) is 1.69. The first-order valence-corrected chi connectivity index (χ1v) is 11.4. The third kappa shape index (κ3) is 5.04. The lowest BCUT2D eigenvalue weighted by Gasteiger charge is -2.38. The van der Waals surface area contributed by atoms with Crippen LogP contribution in [-0.4, -0.2) is 58.1 Å². The molecule has 1 fully saturated rings. The molecule has 1 aliphatic rings. The second kappa shape index (κ2) is 10.2. The molecular weight excluding hydrogens is 468 g/mol. The summed E-state index contributed by atoms with van der Waals surface area (Å²) in [7, 11) is 0. The highest BCUT2D eigenvalue weighted by Crippen LogP contribution is 2.31. The van der Waals surface area contributed by atoms with E-state index >= 15 is 0 Å². The van der Waals surface area contributed by atoms with Crippen molar-refractivity contribution in [1.29, 1.82) is 0 Å². The van der Waals surface area contributed by atoms with Crippen LogP contribution in [0, 0.1) is 12.7 Å². The van der Waals surface area contributed by atoms with Gasteiger partial charge in [-0.25, -0.2) is 9.07 Å². The lowest BCUT2D eigenvalue weighted by molar-refractivity contribution is -0.0346. The van der Waals surface area contributed by atoms with Crippen molar-refractivity contribution in [3.05, 3.63) is 75.3 Å². The first kappa shape index (κ1) is 23.6. The fraction of sp³-hybridized carbons (Fsp3) is 0.348. The van der Waals surface area contributed by atoms with Gasteiger partial charge in [0.1, 0.15) is 5.82 Å². The number of nitrogens with zero attached hydrogens (tertiary/aromatic N) is 4. The summed E-state index contributed by atoms with van der Waals surface area (Å²) in [6.45, 7) is 5.55. The predicted octanol–water partition coefficient (Wildman–Crippen LogP) is 4.21. The SMILES string of the molecule is Cc1c(C(=O)NCC(c2c(F)cccc2Cl)N2CCOC(C)C2)nnn1-c1ccccc1Cl. The van der Waals surface area contributed by atoms with Gasteiger partial charge in [-0.1, -0.05) is 46.6 Å². The topological polar surface area (TPSA) is 72.3 Å². The van der Waals surface area contributed by atoms with E-state index in [0.717, 1.165) is 0 Å². The van der Waals surface area contributed by atoms with E-state index in [-0.39, 0.29) is 18.3 Å². The van der Waals surface area contributed by atoms with Crippen LogP contribution < -0.4 is 5.32 Å². The Morgan fingerprint density at radius 1 is 1.24 bits per heavy atom. The first-order valence-electron chi connectivity index (χ1n) is 10.6. The summed E-state index contributed by atoms with van der Waals surface area (Å²) in [6, 6.07) is 11.3. The largest absolute Gasteiger partial charge is 0.376 e. The Morgan fingerprint density at radius 2 is 2.00 bits per heavy atom. The smallest absolute Gasteiger partial charge is 0.273 e. The number of carbonyl (C=O) groups is 1. The number of hydrogen-bond acceptors (Lipinski definition) is 5. The van der Waals surface area contributed by atoms with Crippen molar-refractivity contribution in [3.8, 4) is 5.69 Å². The van der Waals surface area contributed by atoms with E-state index in [4.69, 9.17) is 27.9 Å². The average molecular weight is 492 g/mol. The third-order valence-electron chi connectivity index (χ3n) is 5.69. The Labute approximate surface area is 201 Å². The molecule has 7 nitrogen and oxygen atoms in total. The zero-order valence-corrected chi connectivity index (χ0v) is 19.8. The van der Waals surface area contributed by atoms with Crippen LogP contribution >= 0.6 is 23.2 Å². The Morgan fingerprint density at radius 3 is 2.73 bits per heavy atom. The number of aromatic nitrogens is 3. The lowest BCUT2D eigenvalue weighted by atomic mass is 10.0. The molecule has 0 spiro atoms. The van der Waals surface area contributed by atoms with Crippen molar-refractivity contribution in [2.75, 3.05) is 26.2 Å². The van der Waals surface area contributed by atoms with Gasteiger partial charge in [0, 0.05) is 30.2 Å². The molecule has 0 saturated carbocycles. The van der Waals surface area contributed by atoms with E-state index in [1.165, 1.54) is 10.7 Å². The van der Waals surface area contributed by atoms with Crippen molar-refractivity contribution < 1.29 is 13.9 Å². The molecule has 1 aromatic heterocycles. The van der Waals surface area contributed by atoms with Gasteiger partial charge >= 0.3 is 0 Å². The van der Waals surface area contributed by atoms with Crippen molar-refractivity contribution in [1.82, 2.24) is 25.2 Å². The van der Waals surface area contributed by atoms with Crippen LogP contribution in [0.25, 0.3) is 5.69 Å². The molecule has 1 N–H and O–H groups in total. The molecule has 4 rings (SSSR count). The Balaban J connectivity index is 1.57. The molecule has 0 bridgehead atoms. The zero-order chi connectivity index (χ0) is 23.5. The first-order chi connectivity index (χ1) is 15.9. The monoisotopic (exact) mass is 491 g/mol. The summed E-state index contributed by atoms with van der Waals surface area (Å²) in [5, 5.41) is 11.8. The lowest BCUT2D eigenvalue weighted by Crippen LogP contribution is -2.47. The van der Waals surface area contributed by atoms with Gasteiger partial charge in [0.25, 0.3) is 5.91 Å². The number of carbonyl (C=O) groups excluding carboxylic acids is 1. The summed E-state index contributed by atoms with van der Waals surface area (Å²) in [4.78, 5) is 15.1. The van der Waals surface area contributed by atoms with Gasteiger partial charge in [-0.15, -0.1) is 5.10 Å². The third-order valence-corrected chi connectivity index (χ3v) is 6.34. The molecule has 3 aromatic rings. The van der Waals surface area contributed by atoms with E-state index in [1.807, 2.05) is 19.1 Å². The number of amides is 1. The molecule has 1 amide bonds. The van der Waals surface area contributed by atoms with Crippen molar-refractivity contribution in [3.63, 3.8) is 0 Å². The predicted molar refractivity (Wildman–Crippen MR) is 125 cm³/mol. The fourth-order valence-corrected chi connectivity index (χ4v) is 4.54. The van der Waals surface area contributed by atoms with Gasteiger partial charge in [0.05, 0.1) is 35.2 Å². The Hall–Kier alpha value is -2.52. The molecule has 2 atom stereocenters. The molecule has 10 heteroatoms. The summed E-state index contributed by atoms with van der Waals surface area (Å²) >= 11 is 12.6. The van der Waals surface area contributed by atoms with Crippen LogP contribution in [0.3, 0.4) is 0 Å². The van der Waals surface area contributed by atoms with Gasteiger partial charge in [0.2, 0.25) is 0 Å². The highest BCUT2D eigenvalue weighted by atomic mass is 35.5. The number of benzene rings is 2. The minimum atomic E-state index is -0.465. The maximum absolute atomic E-state index is 14.8. The van der Waals surface area contributed by atoms with Gasteiger partial charge in [-0.2, -0.15) is 0 Å². The number of ether oxygens (including phenoxy) is 1. The quantitative estimate of drug-likeness (QED) is 0.558. The van der Waals surface area contributed by atoms with Gasteiger partial charge in [-0.3, -0.25) is 9.69 Å². The second-order valence-corrected chi connectivity index (χ2v) is 8.74. The minimum Gasteiger partial charge on any atom is -0.376 e. The molecule has 33 heavy (non-hydrogen) atoms. The van der Waals surface area contributed by atoms with Gasteiger partial charge in [-0.05, 0) is 38.1 Å². The number of rotatable bonds is 6.